The molecule has 4 nitrogen and oxygen atoms in total. The Balaban J connectivity index is 2.57. The SMILES string of the molecule is CCCNC(CN1CCCC(C)C1C)C(=O)OCC. The van der Waals surface area contributed by atoms with Crippen LogP contribution in [0.4, 0.5) is 0 Å². The van der Waals surface area contributed by atoms with Crippen LogP contribution >= 0.6 is 0 Å². The standard InChI is InChI=1S/C15H30N2O2/c1-5-9-16-14(15(18)19-6-2)11-17-10-7-8-12(3)13(17)4/h12-14,16H,5-11H2,1-4H3. The van der Waals surface area contributed by atoms with Crippen molar-refractivity contribution in [1.29, 1.82) is 0 Å². The highest BCUT2D eigenvalue weighted by molar-refractivity contribution is 5.76. The van der Waals surface area contributed by atoms with Crippen molar-refractivity contribution in [3.63, 3.8) is 0 Å². The molecule has 3 unspecified atom stereocenters. The van der Waals surface area contributed by atoms with Crippen molar-refractivity contribution < 1.29 is 9.53 Å². The molecule has 1 rings (SSSR count). The van der Waals surface area contributed by atoms with Crippen LogP contribution in [0.15, 0.2) is 0 Å². The summed E-state index contributed by atoms with van der Waals surface area (Å²) < 4.78 is 5.18. The average Bonchev–Trinajstić information content (AvgIpc) is 2.39. The number of rotatable bonds is 7. The molecule has 0 spiro atoms. The summed E-state index contributed by atoms with van der Waals surface area (Å²) in [7, 11) is 0. The van der Waals surface area contributed by atoms with Crippen molar-refractivity contribution in [3.05, 3.63) is 0 Å². The summed E-state index contributed by atoms with van der Waals surface area (Å²) in [5.41, 5.74) is 0. The molecule has 0 bridgehead atoms. The highest BCUT2D eigenvalue weighted by Crippen LogP contribution is 2.22. The van der Waals surface area contributed by atoms with Crippen molar-refractivity contribution in [2.24, 2.45) is 5.92 Å². The molecule has 3 atom stereocenters. The van der Waals surface area contributed by atoms with Gasteiger partial charge in [-0.1, -0.05) is 13.8 Å². The lowest BCUT2D eigenvalue weighted by molar-refractivity contribution is -0.146. The zero-order chi connectivity index (χ0) is 14.3. The molecule has 1 heterocycles. The maximum absolute atomic E-state index is 12.0. The van der Waals surface area contributed by atoms with Crippen molar-refractivity contribution in [1.82, 2.24) is 10.2 Å². The van der Waals surface area contributed by atoms with E-state index in [1.54, 1.807) is 0 Å². The third-order valence-corrected chi connectivity index (χ3v) is 4.13. The molecule has 0 radical (unpaired) electrons. The molecule has 1 aliphatic rings. The maximum atomic E-state index is 12.0. The molecule has 4 heteroatoms. The maximum Gasteiger partial charge on any atom is 0.324 e. The molecular formula is C15H30N2O2. The Kier molecular flexibility index (Phi) is 7.39. The molecule has 0 aromatic heterocycles. The first kappa shape index (κ1) is 16.4. The zero-order valence-electron chi connectivity index (χ0n) is 12.9. The third kappa shape index (κ3) is 5.11. The van der Waals surface area contributed by atoms with Crippen molar-refractivity contribution in [2.75, 3.05) is 26.2 Å². The van der Waals surface area contributed by atoms with Crippen molar-refractivity contribution >= 4 is 5.97 Å². The molecule has 112 valence electrons. The van der Waals surface area contributed by atoms with E-state index < -0.39 is 0 Å². The molecule has 1 saturated heterocycles. The minimum absolute atomic E-state index is 0.110. The van der Waals surface area contributed by atoms with E-state index in [4.69, 9.17) is 4.74 Å². The number of likely N-dealkylation sites (tertiary alicyclic amines) is 1. The summed E-state index contributed by atoms with van der Waals surface area (Å²) in [6.07, 6.45) is 3.56. The summed E-state index contributed by atoms with van der Waals surface area (Å²) >= 11 is 0. The number of nitrogens with zero attached hydrogens (tertiary/aromatic N) is 1. The van der Waals surface area contributed by atoms with Gasteiger partial charge in [0.25, 0.3) is 0 Å². The summed E-state index contributed by atoms with van der Waals surface area (Å²) in [5, 5.41) is 3.32. The molecule has 1 N–H and O–H groups in total. The quantitative estimate of drug-likeness (QED) is 0.719. The van der Waals surface area contributed by atoms with Crippen LogP contribution in [0.5, 0.6) is 0 Å². The number of piperidine rings is 1. The van der Waals surface area contributed by atoms with Gasteiger partial charge in [-0.05, 0) is 52.1 Å². The largest absolute Gasteiger partial charge is 0.465 e. The molecule has 1 aliphatic heterocycles. The van der Waals surface area contributed by atoms with Gasteiger partial charge >= 0.3 is 5.97 Å². The molecular weight excluding hydrogens is 240 g/mol. The topological polar surface area (TPSA) is 41.6 Å². The summed E-state index contributed by atoms with van der Waals surface area (Å²) in [6.45, 7) is 11.7. The van der Waals surface area contributed by atoms with Crippen molar-refractivity contribution in [2.45, 2.75) is 59.0 Å². The smallest absolute Gasteiger partial charge is 0.324 e. The first-order valence-electron chi connectivity index (χ1n) is 7.74. The number of ether oxygens (including phenoxy) is 1. The van der Waals surface area contributed by atoms with Crippen LogP contribution in [0, 0.1) is 5.92 Å². The Bertz CT molecular complexity index is 271. The fourth-order valence-corrected chi connectivity index (χ4v) is 2.70. The molecule has 19 heavy (non-hydrogen) atoms. The Morgan fingerprint density at radius 1 is 1.42 bits per heavy atom. The van der Waals surface area contributed by atoms with E-state index in [1.165, 1.54) is 12.8 Å². The lowest BCUT2D eigenvalue weighted by Crippen LogP contribution is -2.52. The number of hydrogen-bond donors (Lipinski definition) is 1. The van der Waals surface area contributed by atoms with Crippen LogP contribution < -0.4 is 5.32 Å². The highest BCUT2D eigenvalue weighted by Gasteiger charge is 2.29. The average molecular weight is 270 g/mol. The van der Waals surface area contributed by atoms with Gasteiger partial charge in [0.2, 0.25) is 0 Å². The van der Waals surface area contributed by atoms with Crippen LogP contribution in [0.1, 0.15) is 47.0 Å². The van der Waals surface area contributed by atoms with E-state index >= 15 is 0 Å². The molecule has 0 amide bonds. The number of carbonyl (C=O) groups is 1. The van der Waals surface area contributed by atoms with Gasteiger partial charge in [0.05, 0.1) is 6.61 Å². The monoisotopic (exact) mass is 270 g/mol. The van der Waals surface area contributed by atoms with Crippen LogP contribution in [0.25, 0.3) is 0 Å². The second-order valence-electron chi connectivity index (χ2n) is 5.61. The zero-order valence-corrected chi connectivity index (χ0v) is 12.9. The van der Waals surface area contributed by atoms with Crippen LogP contribution in [0.3, 0.4) is 0 Å². The summed E-state index contributed by atoms with van der Waals surface area (Å²) in [4.78, 5) is 14.4. The fourth-order valence-electron chi connectivity index (χ4n) is 2.70. The van der Waals surface area contributed by atoms with Gasteiger partial charge in [-0.3, -0.25) is 9.69 Å². The van der Waals surface area contributed by atoms with Crippen LogP contribution in [-0.4, -0.2) is 49.2 Å². The first-order chi connectivity index (χ1) is 9.10. The van der Waals surface area contributed by atoms with Gasteiger partial charge in [-0.15, -0.1) is 0 Å². The van der Waals surface area contributed by atoms with Gasteiger partial charge in [-0.25, -0.2) is 0 Å². The molecule has 0 aromatic rings. The Labute approximate surface area is 117 Å². The number of nitrogens with one attached hydrogen (secondary N) is 1. The fraction of sp³-hybridized carbons (Fsp3) is 0.933. The highest BCUT2D eigenvalue weighted by atomic mass is 16.5. The molecule has 1 fully saturated rings. The van der Waals surface area contributed by atoms with Crippen LogP contribution in [-0.2, 0) is 9.53 Å². The van der Waals surface area contributed by atoms with E-state index in [0.717, 1.165) is 26.1 Å². The number of esters is 1. The van der Waals surface area contributed by atoms with Gasteiger partial charge in [-0.2, -0.15) is 0 Å². The number of hydrogen-bond acceptors (Lipinski definition) is 4. The predicted molar refractivity (Wildman–Crippen MR) is 78.1 cm³/mol. The molecule has 0 aliphatic carbocycles. The Hall–Kier alpha value is -0.610. The van der Waals surface area contributed by atoms with E-state index in [9.17, 15) is 4.79 Å². The second-order valence-corrected chi connectivity index (χ2v) is 5.61. The first-order valence-corrected chi connectivity index (χ1v) is 7.74. The Morgan fingerprint density at radius 2 is 2.16 bits per heavy atom. The summed E-state index contributed by atoms with van der Waals surface area (Å²) in [5.74, 6) is 0.601. The summed E-state index contributed by atoms with van der Waals surface area (Å²) in [6, 6.07) is 0.363. The van der Waals surface area contributed by atoms with Gasteiger partial charge < -0.3 is 10.1 Å². The predicted octanol–water partition coefficient (Wildman–Crippen LogP) is 2.04. The van der Waals surface area contributed by atoms with Crippen LogP contribution in [0.2, 0.25) is 0 Å². The van der Waals surface area contributed by atoms with Gasteiger partial charge in [0.1, 0.15) is 6.04 Å². The van der Waals surface area contributed by atoms with E-state index in [-0.39, 0.29) is 12.0 Å². The molecule has 0 saturated carbocycles. The van der Waals surface area contributed by atoms with Crippen molar-refractivity contribution in [3.8, 4) is 0 Å². The van der Waals surface area contributed by atoms with Gasteiger partial charge in [0.15, 0.2) is 0 Å². The molecule has 0 aromatic carbocycles. The third-order valence-electron chi connectivity index (χ3n) is 4.13. The second kappa shape index (κ2) is 8.54. The van der Waals surface area contributed by atoms with E-state index in [2.05, 4.69) is 31.0 Å². The lowest BCUT2D eigenvalue weighted by atomic mass is 9.92. The Morgan fingerprint density at radius 3 is 2.79 bits per heavy atom. The van der Waals surface area contributed by atoms with E-state index in [1.807, 2.05) is 6.92 Å². The number of carbonyl (C=O) groups excluding carboxylic acids is 1. The minimum atomic E-state index is -0.187. The van der Waals surface area contributed by atoms with Gasteiger partial charge in [0, 0.05) is 12.6 Å². The normalized spacial score (nSPS) is 26.1. The lowest BCUT2D eigenvalue weighted by Gasteiger charge is -2.39. The minimum Gasteiger partial charge on any atom is -0.465 e. The van der Waals surface area contributed by atoms with E-state index in [0.29, 0.717) is 18.6 Å².